The Bertz CT molecular complexity index is 1110. The molecular formula is C23H27N5O2. The van der Waals surface area contributed by atoms with Crippen LogP contribution in [0.5, 0.6) is 0 Å². The minimum absolute atomic E-state index is 0.0768. The van der Waals surface area contributed by atoms with Crippen LogP contribution < -0.4 is 5.32 Å². The number of fused-ring (bicyclic) bond motifs is 3. The van der Waals surface area contributed by atoms with Crippen molar-refractivity contribution in [1.29, 1.82) is 0 Å². The second-order valence-corrected chi connectivity index (χ2v) is 8.52. The number of benzene rings is 1. The van der Waals surface area contributed by atoms with Gasteiger partial charge in [-0.1, -0.05) is 0 Å². The van der Waals surface area contributed by atoms with Crippen molar-refractivity contribution in [2.75, 3.05) is 18.4 Å². The first-order valence-corrected chi connectivity index (χ1v) is 10.8. The Balaban J connectivity index is 1.38. The second kappa shape index (κ2) is 7.63. The predicted octanol–water partition coefficient (Wildman–Crippen LogP) is 3.75. The van der Waals surface area contributed by atoms with Gasteiger partial charge in [0.2, 0.25) is 5.91 Å². The molecule has 2 amide bonds. The van der Waals surface area contributed by atoms with Crippen LogP contribution in [-0.4, -0.2) is 45.0 Å². The fraction of sp³-hybridized carbons (Fsp3) is 0.435. The molecule has 0 bridgehead atoms. The maximum atomic E-state index is 13.3. The lowest BCUT2D eigenvalue weighted by Gasteiger charge is -2.32. The number of hydrogen-bond donors (Lipinski definition) is 3. The summed E-state index contributed by atoms with van der Waals surface area (Å²) in [5, 5.41) is 11.2. The summed E-state index contributed by atoms with van der Waals surface area (Å²) in [5.41, 5.74) is 6.22. The summed E-state index contributed by atoms with van der Waals surface area (Å²) in [6, 6.07) is 6.06. The third-order valence-electron chi connectivity index (χ3n) is 6.44. The van der Waals surface area contributed by atoms with Gasteiger partial charge < -0.3 is 15.2 Å². The smallest absolute Gasteiger partial charge is 0.253 e. The molecule has 0 radical (unpaired) electrons. The van der Waals surface area contributed by atoms with Gasteiger partial charge in [-0.05, 0) is 62.3 Å². The van der Waals surface area contributed by atoms with Gasteiger partial charge in [0, 0.05) is 48.1 Å². The second-order valence-electron chi connectivity index (χ2n) is 8.52. The molecule has 1 fully saturated rings. The third kappa shape index (κ3) is 3.38. The van der Waals surface area contributed by atoms with E-state index in [4.69, 9.17) is 0 Å². The molecule has 7 heteroatoms. The average molecular weight is 406 g/mol. The van der Waals surface area contributed by atoms with Crippen LogP contribution in [0.3, 0.4) is 0 Å². The van der Waals surface area contributed by atoms with E-state index in [1.165, 1.54) is 36.4 Å². The number of piperidine rings is 1. The lowest BCUT2D eigenvalue weighted by atomic mass is 9.93. The minimum Gasteiger partial charge on any atom is -0.358 e. The van der Waals surface area contributed by atoms with Crippen LogP contribution in [0, 0.1) is 0 Å². The van der Waals surface area contributed by atoms with Gasteiger partial charge in [0.15, 0.2) is 0 Å². The third-order valence-corrected chi connectivity index (χ3v) is 6.44. The van der Waals surface area contributed by atoms with Crippen LogP contribution in [0.15, 0.2) is 24.4 Å². The number of nitrogens with zero attached hydrogens (tertiary/aromatic N) is 2. The molecule has 156 valence electrons. The monoisotopic (exact) mass is 405 g/mol. The quantitative estimate of drug-likeness (QED) is 0.619. The zero-order chi connectivity index (χ0) is 20.7. The van der Waals surface area contributed by atoms with E-state index in [0.29, 0.717) is 12.2 Å². The maximum absolute atomic E-state index is 13.3. The predicted molar refractivity (Wildman–Crippen MR) is 116 cm³/mol. The Morgan fingerprint density at radius 2 is 2.07 bits per heavy atom. The van der Waals surface area contributed by atoms with Crippen molar-refractivity contribution in [3.63, 3.8) is 0 Å². The topological polar surface area (TPSA) is 93.9 Å². The number of nitrogens with one attached hydrogen (secondary N) is 3. The molecule has 0 saturated carbocycles. The van der Waals surface area contributed by atoms with Crippen LogP contribution in [0.1, 0.15) is 65.8 Å². The highest BCUT2D eigenvalue weighted by Crippen LogP contribution is 2.33. The number of carbonyl (C=O) groups is 2. The lowest BCUT2D eigenvalue weighted by molar-refractivity contribution is -0.114. The first-order chi connectivity index (χ1) is 14.6. The summed E-state index contributed by atoms with van der Waals surface area (Å²) >= 11 is 0. The van der Waals surface area contributed by atoms with Gasteiger partial charge in [-0.3, -0.25) is 14.7 Å². The first-order valence-electron chi connectivity index (χ1n) is 10.8. The molecular weight excluding hydrogens is 378 g/mol. The number of aromatic amines is 2. The number of rotatable bonds is 3. The number of anilines is 1. The molecule has 2 aromatic heterocycles. The van der Waals surface area contributed by atoms with Crippen molar-refractivity contribution in [2.24, 2.45) is 0 Å². The lowest BCUT2D eigenvalue weighted by Crippen LogP contribution is -2.39. The summed E-state index contributed by atoms with van der Waals surface area (Å²) in [5.74, 6) is 0.0910. The van der Waals surface area contributed by atoms with Gasteiger partial charge in [0.05, 0.1) is 17.6 Å². The molecule has 2 aliphatic rings. The highest BCUT2D eigenvalue weighted by molar-refractivity contribution is 5.99. The van der Waals surface area contributed by atoms with E-state index in [0.717, 1.165) is 49.0 Å². The molecule has 5 rings (SSSR count). The number of amides is 2. The van der Waals surface area contributed by atoms with Gasteiger partial charge in [-0.25, -0.2) is 0 Å². The van der Waals surface area contributed by atoms with Gasteiger partial charge in [0.25, 0.3) is 5.91 Å². The summed E-state index contributed by atoms with van der Waals surface area (Å²) in [4.78, 5) is 30.3. The van der Waals surface area contributed by atoms with Gasteiger partial charge in [0.1, 0.15) is 0 Å². The molecule has 1 aromatic carbocycles. The van der Waals surface area contributed by atoms with Crippen molar-refractivity contribution < 1.29 is 9.59 Å². The van der Waals surface area contributed by atoms with Crippen molar-refractivity contribution in [3.05, 3.63) is 46.9 Å². The summed E-state index contributed by atoms with van der Waals surface area (Å²) in [6.07, 6.45) is 8.16. The van der Waals surface area contributed by atoms with E-state index >= 15 is 0 Å². The number of likely N-dealkylation sites (tertiary alicyclic amines) is 1. The zero-order valence-electron chi connectivity index (χ0n) is 17.3. The van der Waals surface area contributed by atoms with Crippen LogP contribution >= 0.6 is 0 Å². The summed E-state index contributed by atoms with van der Waals surface area (Å²) in [7, 11) is 0. The summed E-state index contributed by atoms with van der Waals surface area (Å²) in [6.45, 7) is 2.86. The molecule has 1 aliphatic carbocycles. The number of aromatic nitrogens is 3. The van der Waals surface area contributed by atoms with Crippen LogP contribution in [-0.2, 0) is 17.6 Å². The molecule has 0 spiro atoms. The van der Waals surface area contributed by atoms with E-state index in [2.05, 4.69) is 26.6 Å². The average Bonchev–Trinajstić information content (AvgIpc) is 3.36. The highest BCUT2D eigenvalue weighted by atomic mass is 16.2. The van der Waals surface area contributed by atoms with Crippen LogP contribution in [0.4, 0.5) is 5.69 Å². The van der Waals surface area contributed by atoms with Crippen LogP contribution in [0.2, 0.25) is 0 Å². The molecule has 7 nitrogen and oxygen atoms in total. The Morgan fingerprint density at radius 1 is 1.20 bits per heavy atom. The fourth-order valence-electron chi connectivity index (χ4n) is 5.02. The van der Waals surface area contributed by atoms with E-state index < -0.39 is 0 Å². The fourth-order valence-corrected chi connectivity index (χ4v) is 5.02. The largest absolute Gasteiger partial charge is 0.358 e. The number of carbonyl (C=O) groups excluding carboxylic acids is 2. The Hall–Kier alpha value is -3.09. The minimum atomic E-state index is -0.121. The van der Waals surface area contributed by atoms with Gasteiger partial charge >= 0.3 is 0 Å². The van der Waals surface area contributed by atoms with Crippen LogP contribution in [0.25, 0.3) is 10.9 Å². The molecule has 1 aliphatic heterocycles. The van der Waals surface area contributed by atoms with Gasteiger partial charge in [-0.15, -0.1) is 0 Å². The Morgan fingerprint density at radius 3 is 2.93 bits per heavy atom. The highest BCUT2D eigenvalue weighted by Gasteiger charge is 2.28. The normalized spacial score (nSPS) is 19.0. The van der Waals surface area contributed by atoms with E-state index in [9.17, 15) is 9.59 Å². The number of aryl methyl sites for hydroxylation is 2. The van der Waals surface area contributed by atoms with Crippen molar-refractivity contribution >= 4 is 28.4 Å². The van der Waals surface area contributed by atoms with E-state index in [1.54, 1.807) is 6.20 Å². The molecule has 3 N–H and O–H groups in total. The maximum Gasteiger partial charge on any atom is 0.253 e. The molecule has 1 atom stereocenters. The van der Waals surface area contributed by atoms with E-state index in [-0.39, 0.29) is 17.7 Å². The molecule has 3 aromatic rings. The SMILES string of the molecule is CC(=O)Nc1cn[nH]c1[C@@H]1CCCN(C(=O)c2ccc3[nH]c4c(c3c2)CCCC4)C1. The van der Waals surface area contributed by atoms with Crippen molar-refractivity contribution in [3.8, 4) is 0 Å². The molecule has 30 heavy (non-hydrogen) atoms. The first kappa shape index (κ1) is 18.9. The Labute approximate surface area is 175 Å². The van der Waals surface area contributed by atoms with Crippen molar-refractivity contribution in [2.45, 2.75) is 51.4 Å². The number of H-pyrrole nitrogens is 2. The Kier molecular flexibility index (Phi) is 4.81. The molecule has 0 unspecified atom stereocenters. The standard InChI is InChI=1S/C23H27N5O2/c1-14(29)25-21-12-24-27-22(21)16-5-4-10-28(13-16)23(30)15-8-9-20-18(11-15)17-6-2-3-7-19(17)26-20/h8-9,11-12,16,26H,2-7,10,13H2,1H3,(H,24,27)(H,25,29)/t16-/m1/s1. The van der Waals surface area contributed by atoms with E-state index in [1.807, 2.05) is 17.0 Å². The zero-order valence-corrected chi connectivity index (χ0v) is 17.3. The summed E-state index contributed by atoms with van der Waals surface area (Å²) < 4.78 is 0. The number of hydrogen-bond acceptors (Lipinski definition) is 3. The van der Waals surface area contributed by atoms with Crippen molar-refractivity contribution in [1.82, 2.24) is 20.1 Å². The molecule has 3 heterocycles. The van der Waals surface area contributed by atoms with Gasteiger partial charge in [-0.2, -0.15) is 5.10 Å². The molecule has 1 saturated heterocycles.